The Morgan fingerprint density at radius 3 is 2.71 bits per heavy atom. The monoisotopic (exact) mass is 249 g/mol. The number of phenols is 1. The molecule has 0 spiro atoms. The Labute approximate surface area is 104 Å². The molecule has 0 saturated heterocycles. The first-order valence-corrected chi connectivity index (χ1v) is 5.65. The maximum absolute atomic E-state index is 11.7. The Hall–Kier alpha value is -1.58. The summed E-state index contributed by atoms with van der Waals surface area (Å²) >= 11 is 5.88. The highest BCUT2D eigenvalue weighted by Crippen LogP contribution is 2.27. The van der Waals surface area contributed by atoms with E-state index in [1.807, 2.05) is 0 Å². The van der Waals surface area contributed by atoms with E-state index in [1.165, 1.54) is 0 Å². The van der Waals surface area contributed by atoms with E-state index >= 15 is 0 Å². The van der Waals surface area contributed by atoms with Gasteiger partial charge in [0.1, 0.15) is 5.75 Å². The lowest BCUT2D eigenvalue weighted by molar-refractivity contribution is 0.0983. The van der Waals surface area contributed by atoms with Crippen molar-refractivity contribution in [2.24, 2.45) is 5.73 Å². The van der Waals surface area contributed by atoms with Crippen LogP contribution in [-0.2, 0) is 0 Å². The predicted octanol–water partition coefficient (Wildman–Crippen LogP) is 2.73. The van der Waals surface area contributed by atoms with Gasteiger partial charge in [-0.3, -0.25) is 4.79 Å². The quantitative estimate of drug-likeness (QED) is 0.822. The number of carbonyl (C=O) groups is 1. The molecule has 0 heterocycles. The van der Waals surface area contributed by atoms with Crippen LogP contribution in [0.1, 0.15) is 16.8 Å². The minimum absolute atomic E-state index is 0.0155. The van der Waals surface area contributed by atoms with E-state index in [2.05, 4.69) is 0 Å². The minimum Gasteiger partial charge on any atom is -0.507 e. The summed E-state index contributed by atoms with van der Waals surface area (Å²) in [5.41, 5.74) is 5.63. The van der Waals surface area contributed by atoms with E-state index < -0.39 is 0 Å². The van der Waals surface area contributed by atoms with Crippen LogP contribution in [0.2, 0.25) is 5.02 Å². The van der Waals surface area contributed by atoms with E-state index in [-0.39, 0.29) is 24.5 Å². The van der Waals surface area contributed by atoms with Gasteiger partial charge in [-0.1, -0.05) is 17.7 Å². The van der Waals surface area contributed by atoms with Crippen LogP contribution in [0, 0.1) is 0 Å². The molecule has 0 aliphatic carbocycles. The normalized spacial score (nSPS) is 10.7. The van der Waals surface area contributed by atoms with Gasteiger partial charge in [0.05, 0.1) is 5.56 Å². The van der Waals surface area contributed by atoms with Gasteiger partial charge in [-0.25, -0.2) is 0 Å². The third-order valence-corrected chi connectivity index (χ3v) is 2.82. The molecule has 0 bridgehead atoms. The van der Waals surface area contributed by atoms with E-state index in [4.69, 9.17) is 17.3 Å². The van der Waals surface area contributed by atoms with Crippen molar-refractivity contribution >= 4 is 28.2 Å². The van der Waals surface area contributed by atoms with E-state index in [0.29, 0.717) is 10.6 Å². The number of ketones is 1. The van der Waals surface area contributed by atoms with Crippen LogP contribution in [0.25, 0.3) is 10.8 Å². The number of nitrogens with two attached hydrogens (primary N) is 1. The molecule has 0 aromatic heterocycles. The van der Waals surface area contributed by atoms with Gasteiger partial charge in [0.15, 0.2) is 5.78 Å². The number of hydrogen-bond acceptors (Lipinski definition) is 3. The van der Waals surface area contributed by atoms with Crippen molar-refractivity contribution in [3.8, 4) is 5.75 Å². The fraction of sp³-hybridized carbons (Fsp3) is 0.154. The first-order valence-electron chi connectivity index (χ1n) is 5.27. The molecule has 2 aromatic carbocycles. The molecule has 0 atom stereocenters. The lowest BCUT2D eigenvalue weighted by atomic mass is 10.0. The second kappa shape index (κ2) is 4.73. The van der Waals surface area contributed by atoms with Crippen molar-refractivity contribution in [2.75, 3.05) is 6.54 Å². The lowest BCUT2D eigenvalue weighted by Gasteiger charge is -2.06. The summed E-state index contributed by atoms with van der Waals surface area (Å²) < 4.78 is 0. The van der Waals surface area contributed by atoms with Crippen LogP contribution in [0.4, 0.5) is 0 Å². The van der Waals surface area contributed by atoms with Crippen LogP contribution < -0.4 is 5.73 Å². The van der Waals surface area contributed by atoms with E-state index in [1.54, 1.807) is 30.3 Å². The molecular weight excluding hydrogens is 238 g/mol. The molecule has 0 unspecified atom stereocenters. The summed E-state index contributed by atoms with van der Waals surface area (Å²) in [6.07, 6.45) is 0.222. The van der Waals surface area contributed by atoms with Crippen LogP contribution in [0.3, 0.4) is 0 Å². The Bertz CT molecular complexity index is 581. The molecule has 0 amide bonds. The summed E-state index contributed by atoms with van der Waals surface area (Å²) in [6.45, 7) is 0.270. The summed E-state index contributed by atoms with van der Waals surface area (Å²) in [7, 11) is 0. The maximum atomic E-state index is 11.7. The summed E-state index contributed by atoms with van der Waals surface area (Å²) in [5, 5.41) is 12.1. The molecule has 88 valence electrons. The van der Waals surface area contributed by atoms with Gasteiger partial charge in [-0.05, 0) is 41.6 Å². The average Bonchev–Trinajstić information content (AvgIpc) is 2.29. The van der Waals surface area contributed by atoms with Gasteiger partial charge in [0.25, 0.3) is 0 Å². The Kier molecular flexibility index (Phi) is 3.31. The highest BCUT2D eigenvalue weighted by molar-refractivity contribution is 6.31. The smallest absolute Gasteiger partial charge is 0.167 e. The molecule has 3 N–H and O–H groups in total. The number of halogens is 1. The Morgan fingerprint density at radius 2 is 2.00 bits per heavy atom. The minimum atomic E-state index is -0.160. The van der Waals surface area contributed by atoms with Crippen LogP contribution in [0.5, 0.6) is 5.75 Å². The van der Waals surface area contributed by atoms with Gasteiger partial charge < -0.3 is 10.8 Å². The van der Waals surface area contributed by atoms with Crippen LogP contribution >= 0.6 is 11.6 Å². The second-order valence-corrected chi connectivity index (χ2v) is 4.26. The number of aromatic hydroxyl groups is 1. The van der Waals surface area contributed by atoms with Gasteiger partial charge >= 0.3 is 0 Å². The Balaban J connectivity index is 2.57. The molecule has 0 radical (unpaired) electrons. The van der Waals surface area contributed by atoms with Crippen molar-refractivity contribution in [2.45, 2.75) is 6.42 Å². The van der Waals surface area contributed by atoms with E-state index in [0.717, 1.165) is 10.8 Å². The van der Waals surface area contributed by atoms with Crippen molar-refractivity contribution in [1.82, 2.24) is 0 Å². The number of carbonyl (C=O) groups excluding carboxylic acids is 1. The third kappa shape index (κ3) is 2.40. The molecule has 0 saturated carbocycles. The highest BCUT2D eigenvalue weighted by atomic mass is 35.5. The van der Waals surface area contributed by atoms with Gasteiger partial charge in [-0.15, -0.1) is 0 Å². The average molecular weight is 250 g/mol. The molecule has 2 rings (SSSR count). The lowest BCUT2D eigenvalue weighted by Crippen LogP contribution is -2.08. The summed E-state index contributed by atoms with van der Waals surface area (Å²) in [5.74, 6) is -0.176. The van der Waals surface area contributed by atoms with E-state index in [9.17, 15) is 9.90 Å². The topological polar surface area (TPSA) is 63.3 Å². The standard InChI is InChI=1S/C13H12ClNO2/c14-10-2-1-8-7-13(17)11(6-9(8)5-10)12(16)3-4-15/h1-2,5-7,17H,3-4,15H2. The molecule has 0 fully saturated rings. The molecular formula is C13H12ClNO2. The highest BCUT2D eigenvalue weighted by Gasteiger charge is 2.11. The van der Waals surface area contributed by atoms with Gasteiger partial charge in [0, 0.05) is 11.4 Å². The molecule has 17 heavy (non-hydrogen) atoms. The van der Waals surface area contributed by atoms with Crippen molar-refractivity contribution in [3.05, 3.63) is 40.9 Å². The van der Waals surface area contributed by atoms with Crippen molar-refractivity contribution in [3.63, 3.8) is 0 Å². The molecule has 0 aliphatic rings. The van der Waals surface area contributed by atoms with Crippen molar-refractivity contribution < 1.29 is 9.90 Å². The molecule has 0 aliphatic heterocycles. The summed E-state index contributed by atoms with van der Waals surface area (Å²) in [6, 6.07) is 8.51. The third-order valence-electron chi connectivity index (χ3n) is 2.59. The SMILES string of the molecule is NCCC(=O)c1cc2cc(Cl)ccc2cc1O. The zero-order valence-electron chi connectivity index (χ0n) is 9.11. The first kappa shape index (κ1) is 11.9. The molecule has 2 aromatic rings. The molecule has 4 heteroatoms. The number of Topliss-reactive ketones (excluding diaryl/α,β-unsaturated/α-hetero) is 1. The fourth-order valence-electron chi connectivity index (χ4n) is 1.75. The number of benzene rings is 2. The zero-order chi connectivity index (χ0) is 12.4. The zero-order valence-corrected chi connectivity index (χ0v) is 9.87. The number of rotatable bonds is 3. The second-order valence-electron chi connectivity index (χ2n) is 3.82. The fourth-order valence-corrected chi connectivity index (χ4v) is 1.93. The van der Waals surface area contributed by atoms with Gasteiger partial charge in [-0.2, -0.15) is 0 Å². The number of fused-ring (bicyclic) bond motifs is 1. The predicted molar refractivity (Wildman–Crippen MR) is 68.6 cm³/mol. The molecule has 3 nitrogen and oxygen atoms in total. The maximum Gasteiger partial charge on any atom is 0.167 e. The van der Waals surface area contributed by atoms with Crippen LogP contribution in [0.15, 0.2) is 30.3 Å². The number of phenolic OH excluding ortho intramolecular Hbond substituents is 1. The largest absolute Gasteiger partial charge is 0.507 e. The Morgan fingerprint density at radius 1 is 1.24 bits per heavy atom. The van der Waals surface area contributed by atoms with Crippen molar-refractivity contribution in [1.29, 1.82) is 0 Å². The first-order chi connectivity index (χ1) is 8.11. The van der Waals surface area contributed by atoms with Crippen LogP contribution in [-0.4, -0.2) is 17.4 Å². The number of hydrogen-bond donors (Lipinski definition) is 2. The van der Waals surface area contributed by atoms with Gasteiger partial charge in [0.2, 0.25) is 0 Å². The summed E-state index contributed by atoms with van der Waals surface area (Å²) in [4.78, 5) is 11.7.